The zero-order valence-corrected chi connectivity index (χ0v) is 11.6. The normalized spacial score (nSPS) is 23.2. The Kier molecular flexibility index (Phi) is 4.60. The summed E-state index contributed by atoms with van der Waals surface area (Å²) in [6, 6.07) is 0. The van der Waals surface area contributed by atoms with Crippen molar-refractivity contribution in [2.45, 2.75) is 19.3 Å². The van der Waals surface area contributed by atoms with Gasteiger partial charge in [0.1, 0.15) is 0 Å². The lowest BCUT2D eigenvalue weighted by Gasteiger charge is -2.29. The van der Waals surface area contributed by atoms with E-state index in [1.165, 1.54) is 18.4 Å². The van der Waals surface area contributed by atoms with Crippen LogP contribution in [0.25, 0.3) is 0 Å². The average Bonchev–Trinajstić information content (AvgIpc) is 2.67. The molecule has 0 aromatic rings. The second-order valence-electron chi connectivity index (χ2n) is 4.45. The molecule has 2 heterocycles. The number of likely N-dealkylation sites (tertiary alicyclic amines) is 1. The third-order valence-corrected chi connectivity index (χ3v) is 4.02. The van der Waals surface area contributed by atoms with E-state index in [9.17, 15) is 14.4 Å². The van der Waals surface area contributed by atoms with E-state index in [0.717, 1.165) is 43.8 Å². The maximum atomic E-state index is 12.0. The van der Waals surface area contributed by atoms with Crippen LogP contribution >= 0.6 is 11.8 Å². The minimum atomic E-state index is -0.622. The van der Waals surface area contributed by atoms with Gasteiger partial charge in [-0.3, -0.25) is 19.4 Å². The van der Waals surface area contributed by atoms with Crippen LogP contribution in [-0.4, -0.2) is 53.8 Å². The number of carbonyl (C=O) groups excluding carboxylic acids is 3. The SMILES string of the molecule is COC(=O)/C=C1/SC(=O)N(CN2CCCCC2)C1=O. The van der Waals surface area contributed by atoms with Gasteiger partial charge in [0.15, 0.2) is 0 Å². The fourth-order valence-corrected chi connectivity index (χ4v) is 2.88. The fraction of sp³-hybridized carbons (Fsp3) is 0.583. The van der Waals surface area contributed by atoms with Crippen LogP contribution < -0.4 is 0 Å². The van der Waals surface area contributed by atoms with E-state index in [2.05, 4.69) is 9.64 Å². The van der Waals surface area contributed by atoms with Gasteiger partial charge in [-0.1, -0.05) is 6.42 Å². The molecule has 0 unspecified atom stereocenters. The van der Waals surface area contributed by atoms with Crippen molar-refractivity contribution in [3.05, 3.63) is 11.0 Å². The summed E-state index contributed by atoms with van der Waals surface area (Å²) in [6.45, 7) is 2.11. The summed E-state index contributed by atoms with van der Waals surface area (Å²) in [5.41, 5.74) is 0. The number of nitrogens with zero attached hydrogens (tertiary/aromatic N) is 2. The Hall–Kier alpha value is -1.34. The number of esters is 1. The van der Waals surface area contributed by atoms with Crippen LogP contribution in [0.15, 0.2) is 11.0 Å². The standard InChI is InChI=1S/C12H16N2O4S/c1-18-10(15)7-9-11(16)14(12(17)19-9)8-13-5-3-2-4-6-13/h7H,2-6,8H2,1H3/b9-7+. The summed E-state index contributed by atoms with van der Waals surface area (Å²) in [5.74, 6) is -1.03. The number of carbonyl (C=O) groups is 3. The van der Waals surface area contributed by atoms with Crippen molar-refractivity contribution in [2.24, 2.45) is 0 Å². The van der Waals surface area contributed by atoms with Crippen molar-refractivity contribution in [1.29, 1.82) is 0 Å². The first-order valence-corrected chi connectivity index (χ1v) is 6.99. The Balaban J connectivity index is 2.01. The van der Waals surface area contributed by atoms with Gasteiger partial charge in [-0.15, -0.1) is 0 Å². The highest BCUT2D eigenvalue weighted by atomic mass is 32.2. The first kappa shape index (κ1) is 14.1. The summed E-state index contributed by atoms with van der Waals surface area (Å²) < 4.78 is 4.46. The number of thioether (sulfide) groups is 1. The number of rotatable bonds is 3. The molecule has 0 bridgehead atoms. The molecule has 2 fully saturated rings. The van der Waals surface area contributed by atoms with E-state index >= 15 is 0 Å². The average molecular weight is 284 g/mol. The summed E-state index contributed by atoms with van der Waals surface area (Å²) >= 11 is 0.785. The highest BCUT2D eigenvalue weighted by molar-refractivity contribution is 8.18. The van der Waals surface area contributed by atoms with Crippen LogP contribution in [0, 0.1) is 0 Å². The Bertz CT molecular complexity index is 429. The molecule has 0 N–H and O–H groups in total. The molecule has 7 heteroatoms. The topological polar surface area (TPSA) is 66.9 Å². The Morgan fingerprint density at radius 3 is 2.63 bits per heavy atom. The molecule has 104 valence electrons. The van der Waals surface area contributed by atoms with Gasteiger partial charge in [0, 0.05) is 6.08 Å². The molecule has 6 nitrogen and oxygen atoms in total. The van der Waals surface area contributed by atoms with Crippen molar-refractivity contribution in [2.75, 3.05) is 26.9 Å². The molecule has 0 spiro atoms. The molecule has 2 amide bonds. The van der Waals surface area contributed by atoms with E-state index in [1.807, 2.05) is 0 Å². The van der Waals surface area contributed by atoms with Gasteiger partial charge in [-0.2, -0.15) is 0 Å². The maximum Gasteiger partial charge on any atom is 0.331 e. The maximum absolute atomic E-state index is 12.0. The van der Waals surface area contributed by atoms with Gasteiger partial charge >= 0.3 is 5.97 Å². The van der Waals surface area contributed by atoms with Crippen molar-refractivity contribution in [3.63, 3.8) is 0 Å². The number of hydrogen-bond donors (Lipinski definition) is 0. The number of imide groups is 1. The van der Waals surface area contributed by atoms with E-state index < -0.39 is 11.9 Å². The first-order valence-electron chi connectivity index (χ1n) is 6.17. The lowest BCUT2D eigenvalue weighted by Crippen LogP contribution is -2.42. The molecule has 0 aromatic carbocycles. The second kappa shape index (κ2) is 6.21. The molecule has 0 aliphatic carbocycles. The Morgan fingerprint density at radius 1 is 1.32 bits per heavy atom. The third-order valence-electron chi connectivity index (χ3n) is 3.11. The quantitative estimate of drug-likeness (QED) is 0.573. The van der Waals surface area contributed by atoms with E-state index in [1.54, 1.807) is 0 Å². The van der Waals surface area contributed by atoms with Crippen molar-refractivity contribution >= 4 is 28.9 Å². The van der Waals surface area contributed by atoms with Crippen LogP contribution in [0.1, 0.15) is 19.3 Å². The van der Waals surface area contributed by atoms with Crippen LogP contribution in [0.5, 0.6) is 0 Å². The van der Waals surface area contributed by atoms with Crippen molar-refractivity contribution in [3.8, 4) is 0 Å². The van der Waals surface area contributed by atoms with E-state index in [-0.39, 0.29) is 10.1 Å². The summed E-state index contributed by atoms with van der Waals surface area (Å²) in [7, 11) is 1.23. The minimum Gasteiger partial charge on any atom is -0.466 e. The van der Waals surface area contributed by atoms with Crippen molar-refractivity contribution in [1.82, 2.24) is 9.80 Å². The summed E-state index contributed by atoms with van der Waals surface area (Å²) in [5, 5.41) is -0.328. The monoisotopic (exact) mass is 284 g/mol. The number of piperidine rings is 1. The molecule has 0 saturated carbocycles. The predicted octanol–water partition coefficient (Wildman–Crippen LogP) is 1.18. The Labute approximate surface area is 115 Å². The Morgan fingerprint density at radius 2 is 2.00 bits per heavy atom. The van der Waals surface area contributed by atoms with Gasteiger partial charge in [-0.05, 0) is 37.7 Å². The molecule has 2 aliphatic heterocycles. The first-order chi connectivity index (χ1) is 9.11. The summed E-state index contributed by atoms with van der Waals surface area (Å²) in [4.78, 5) is 38.3. The molecule has 0 radical (unpaired) electrons. The van der Waals surface area contributed by atoms with Crippen LogP contribution in [0.2, 0.25) is 0 Å². The smallest absolute Gasteiger partial charge is 0.331 e. The largest absolute Gasteiger partial charge is 0.466 e. The number of hydrogen-bond acceptors (Lipinski definition) is 6. The van der Waals surface area contributed by atoms with Crippen molar-refractivity contribution < 1.29 is 19.1 Å². The molecule has 0 atom stereocenters. The summed E-state index contributed by atoms with van der Waals surface area (Å²) in [6.07, 6.45) is 4.45. The number of amides is 2. The molecule has 19 heavy (non-hydrogen) atoms. The van der Waals surface area contributed by atoms with Gasteiger partial charge in [0.05, 0.1) is 18.7 Å². The van der Waals surface area contributed by atoms with E-state index in [0.29, 0.717) is 6.67 Å². The van der Waals surface area contributed by atoms with Crippen LogP contribution in [0.4, 0.5) is 4.79 Å². The zero-order valence-electron chi connectivity index (χ0n) is 10.8. The van der Waals surface area contributed by atoms with Crippen LogP contribution in [-0.2, 0) is 14.3 Å². The number of methoxy groups -OCH3 is 1. The lowest BCUT2D eigenvalue weighted by atomic mass is 10.1. The zero-order chi connectivity index (χ0) is 13.8. The minimum absolute atomic E-state index is 0.133. The lowest BCUT2D eigenvalue weighted by molar-refractivity contribution is -0.135. The molecule has 2 aliphatic rings. The molecule has 0 aromatic heterocycles. The fourth-order valence-electron chi connectivity index (χ4n) is 2.09. The number of ether oxygens (including phenoxy) is 1. The van der Waals surface area contributed by atoms with Gasteiger partial charge in [0.2, 0.25) is 0 Å². The third kappa shape index (κ3) is 3.36. The molecular weight excluding hydrogens is 268 g/mol. The molecular formula is C12H16N2O4S. The van der Waals surface area contributed by atoms with Gasteiger partial charge in [-0.25, -0.2) is 4.79 Å². The molecule has 2 rings (SSSR count). The second-order valence-corrected chi connectivity index (χ2v) is 5.45. The molecule has 2 saturated heterocycles. The highest BCUT2D eigenvalue weighted by Crippen LogP contribution is 2.30. The van der Waals surface area contributed by atoms with Gasteiger partial charge < -0.3 is 4.74 Å². The predicted molar refractivity (Wildman–Crippen MR) is 70.2 cm³/mol. The van der Waals surface area contributed by atoms with E-state index in [4.69, 9.17) is 0 Å². The van der Waals surface area contributed by atoms with Crippen LogP contribution in [0.3, 0.4) is 0 Å². The van der Waals surface area contributed by atoms with Gasteiger partial charge in [0.25, 0.3) is 11.1 Å². The highest BCUT2D eigenvalue weighted by Gasteiger charge is 2.36.